The maximum absolute atomic E-state index is 12.0. The highest BCUT2D eigenvalue weighted by atomic mass is 16.5. The number of amides is 1. The van der Waals surface area contributed by atoms with Gasteiger partial charge in [-0.15, -0.1) is 0 Å². The summed E-state index contributed by atoms with van der Waals surface area (Å²) in [5.41, 5.74) is 2.91. The lowest BCUT2D eigenvalue weighted by atomic mass is 10.1. The van der Waals surface area contributed by atoms with Crippen molar-refractivity contribution in [1.82, 2.24) is 5.32 Å². The summed E-state index contributed by atoms with van der Waals surface area (Å²) in [5, 5.41) is 11.5. The minimum atomic E-state index is -1.33. The van der Waals surface area contributed by atoms with Gasteiger partial charge < -0.3 is 15.2 Å². The van der Waals surface area contributed by atoms with E-state index < -0.39 is 17.4 Å². The van der Waals surface area contributed by atoms with Gasteiger partial charge in [0.1, 0.15) is 18.2 Å². The highest BCUT2D eigenvalue weighted by Crippen LogP contribution is 2.44. The van der Waals surface area contributed by atoms with Crippen LogP contribution in [0.15, 0.2) is 48.5 Å². The first-order valence-electron chi connectivity index (χ1n) is 7.74. The first kappa shape index (κ1) is 16.2. The van der Waals surface area contributed by atoms with Gasteiger partial charge in [0, 0.05) is 0 Å². The number of carboxylic acids is 1. The predicted octanol–water partition coefficient (Wildman–Crippen LogP) is 2.75. The molecule has 2 aromatic carbocycles. The van der Waals surface area contributed by atoms with E-state index in [1.165, 1.54) is 13.8 Å². The van der Waals surface area contributed by atoms with Gasteiger partial charge in [0.2, 0.25) is 5.91 Å². The highest BCUT2D eigenvalue weighted by molar-refractivity contribution is 5.87. The molecule has 0 aromatic heterocycles. The number of hydrogen-bond acceptors (Lipinski definition) is 3. The van der Waals surface area contributed by atoms with Crippen molar-refractivity contribution in [2.24, 2.45) is 0 Å². The van der Waals surface area contributed by atoms with E-state index in [0.29, 0.717) is 0 Å². The molecule has 0 unspecified atom stereocenters. The Bertz CT molecular complexity index is 752. The number of rotatable bonds is 5. The van der Waals surface area contributed by atoms with Crippen LogP contribution in [-0.2, 0) is 14.3 Å². The maximum atomic E-state index is 12.0. The number of ether oxygens (including phenoxy) is 1. The van der Waals surface area contributed by atoms with Crippen LogP contribution >= 0.6 is 0 Å². The molecule has 0 heterocycles. The molecule has 0 spiro atoms. The molecule has 0 saturated carbocycles. The monoisotopic (exact) mass is 325 g/mol. The number of fused-ring (bicyclic) bond motifs is 3. The number of hydrogen-bond donors (Lipinski definition) is 2. The lowest BCUT2D eigenvalue weighted by molar-refractivity contribution is -0.147. The molecule has 5 nitrogen and oxygen atoms in total. The van der Waals surface area contributed by atoms with Crippen LogP contribution in [0.4, 0.5) is 0 Å². The van der Waals surface area contributed by atoms with Gasteiger partial charge in [-0.1, -0.05) is 48.5 Å². The van der Waals surface area contributed by atoms with E-state index in [1.54, 1.807) is 0 Å². The van der Waals surface area contributed by atoms with Crippen LogP contribution in [0, 0.1) is 0 Å². The molecule has 1 aliphatic carbocycles. The van der Waals surface area contributed by atoms with Gasteiger partial charge in [-0.05, 0) is 36.1 Å². The fourth-order valence-corrected chi connectivity index (χ4v) is 2.89. The van der Waals surface area contributed by atoms with Crippen LogP contribution in [0.5, 0.6) is 0 Å². The smallest absolute Gasteiger partial charge is 0.328 e. The van der Waals surface area contributed by atoms with Gasteiger partial charge in [0.25, 0.3) is 0 Å². The predicted molar refractivity (Wildman–Crippen MR) is 89.5 cm³/mol. The molecule has 0 saturated heterocycles. The normalized spacial score (nSPS) is 13.2. The summed E-state index contributed by atoms with van der Waals surface area (Å²) in [6.45, 7) is 2.67. The number of carbonyl (C=O) groups is 2. The number of carbonyl (C=O) groups excluding carboxylic acids is 1. The average Bonchev–Trinajstić information content (AvgIpc) is 2.86. The van der Waals surface area contributed by atoms with Gasteiger partial charge in [0.05, 0.1) is 0 Å². The molecule has 2 aromatic rings. The summed E-state index contributed by atoms with van der Waals surface area (Å²) in [7, 11) is 0. The Morgan fingerprint density at radius 2 is 1.54 bits per heavy atom. The van der Waals surface area contributed by atoms with Crippen LogP contribution < -0.4 is 5.32 Å². The van der Waals surface area contributed by atoms with E-state index in [2.05, 4.69) is 5.32 Å². The summed E-state index contributed by atoms with van der Waals surface area (Å²) in [4.78, 5) is 23.1. The molecule has 1 amide bonds. The Morgan fingerprint density at radius 3 is 2.04 bits per heavy atom. The standard InChI is InChI=1S/C19H19NO4/c1-19(2,18(22)23)20-16(21)11-24-17-14-9-5-3-7-12(14)13-8-4-6-10-15(13)17/h3-10,17H,11H2,1-2H3,(H,20,21)(H,22,23). The van der Waals surface area contributed by atoms with E-state index in [-0.39, 0.29) is 12.7 Å². The third-order valence-electron chi connectivity index (χ3n) is 4.14. The molecule has 5 heteroatoms. The van der Waals surface area contributed by atoms with Gasteiger partial charge in [-0.3, -0.25) is 4.79 Å². The van der Waals surface area contributed by atoms with E-state index in [9.17, 15) is 9.59 Å². The molecule has 3 rings (SSSR count). The molecule has 0 bridgehead atoms. The van der Waals surface area contributed by atoms with Crippen LogP contribution in [-0.4, -0.2) is 29.1 Å². The number of benzene rings is 2. The van der Waals surface area contributed by atoms with Gasteiger partial charge in [0.15, 0.2) is 0 Å². The molecule has 0 fully saturated rings. The number of aliphatic carboxylic acids is 1. The van der Waals surface area contributed by atoms with Crippen molar-refractivity contribution in [2.75, 3.05) is 6.61 Å². The number of carboxylic acid groups (broad SMARTS) is 1. The zero-order chi connectivity index (χ0) is 17.3. The Balaban J connectivity index is 1.76. The van der Waals surface area contributed by atoms with E-state index in [0.717, 1.165) is 22.3 Å². The van der Waals surface area contributed by atoms with Crippen molar-refractivity contribution < 1.29 is 19.4 Å². The minimum Gasteiger partial charge on any atom is -0.480 e. The maximum Gasteiger partial charge on any atom is 0.328 e. The molecule has 124 valence electrons. The van der Waals surface area contributed by atoms with E-state index >= 15 is 0 Å². The Labute approximate surface area is 140 Å². The van der Waals surface area contributed by atoms with Crippen molar-refractivity contribution in [3.63, 3.8) is 0 Å². The summed E-state index contributed by atoms with van der Waals surface area (Å²) in [6, 6.07) is 15.9. The topological polar surface area (TPSA) is 75.6 Å². The lowest BCUT2D eigenvalue weighted by Crippen LogP contribution is -2.50. The fourth-order valence-electron chi connectivity index (χ4n) is 2.89. The summed E-state index contributed by atoms with van der Waals surface area (Å²) < 4.78 is 5.84. The van der Waals surface area contributed by atoms with Crippen LogP contribution in [0.2, 0.25) is 0 Å². The molecule has 0 atom stereocenters. The van der Waals surface area contributed by atoms with Gasteiger partial charge in [-0.2, -0.15) is 0 Å². The molecule has 0 radical (unpaired) electrons. The van der Waals surface area contributed by atoms with Crippen LogP contribution in [0.1, 0.15) is 31.1 Å². The third-order valence-corrected chi connectivity index (χ3v) is 4.14. The summed E-state index contributed by atoms with van der Waals surface area (Å²) in [6.07, 6.45) is -0.323. The van der Waals surface area contributed by atoms with Crippen molar-refractivity contribution in [2.45, 2.75) is 25.5 Å². The molecular formula is C19H19NO4. The van der Waals surface area contributed by atoms with Crippen LogP contribution in [0.25, 0.3) is 11.1 Å². The SMILES string of the molecule is CC(C)(NC(=O)COC1c2ccccc2-c2ccccc21)C(=O)O. The van der Waals surface area contributed by atoms with E-state index in [1.807, 2.05) is 48.5 Å². The van der Waals surface area contributed by atoms with Crippen molar-refractivity contribution in [3.8, 4) is 11.1 Å². The first-order valence-corrected chi connectivity index (χ1v) is 7.74. The lowest BCUT2D eigenvalue weighted by Gasteiger charge is -2.22. The molecule has 2 N–H and O–H groups in total. The van der Waals surface area contributed by atoms with Crippen molar-refractivity contribution >= 4 is 11.9 Å². The largest absolute Gasteiger partial charge is 0.480 e. The third kappa shape index (κ3) is 2.90. The van der Waals surface area contributed by atoms with Crippen molar-refractivity contribution in [3.05, 3.63) is 59.7 Å². The quantitative estimate of drug-likeness (QED) is 0.886. The second-order valence-electron chi connectivity index (χ2n) is 6.34. The second kappa shape index (κ2) is 6.09. The van der Waals surface area contributed by atoms with Crippen molar-refractivity contribution in [1.29, 1.82) is 0 Å². The van der Waals surface area contributed by atoms with Gasteiger partial charge in [-0.25, -0.2) is 4.79 Å². The average molecular weight is 325 g/mol. The van der Waals surface area contributed by atoms with Crippen LogP contribution in [0.3, 0.4) is 0 Å². The Morgan fingerprint density at radius 1 is 1.04 bits per heavy atom. The highest BCUT2D eigenvalue weighted by Gasteiger charge is 2.31. The molecule has 24 heavy (non-hydrogen) atoms. The van der Waals surface area contributed by atoms with Gasteiger partial charge >= 0.3 is 5.97 Å². The fraction of sp³-hybridized carbons (Fsp3) is 0.263. The summed E-state index contributed by atoms with van der Waals surface area (Å²) in [5.74, 6) is -1.54. The Hall–Kier alpha value is -2.66. The molecular weight excluding hydrogens is 306 g/mol. The molecule has 0 aliphatic heterocycles. The molecule has 1 aliphatic rings. The number of nitrogens with one attached hydrogen (secondary N) is 1. The zero-order valence-electron chi connectivity index (χ0n) is 13.6. The summed E-state index contributed by atoms with van der Waals surface area (Å²) >= 11 is 0. The Kier molecular flexibility index (Phi) is 4.11. The minimum absolute atomic E-state index is 0.204. The first-order chi connectivity index (χ1) is 11.4. The second-order valence-corrected chi connectivity index (χ2v) is 6.34. The zero-order valence-corrected chi connectivity index (χ0v) is 13.6. The van der Waals surface area contributed by atoms with E-state index in [4.69, 9.17) is 9.84 Å².